The van der Waals surface area contributed by atoms with Gasteiger partial charge in [-0.2, -0.15) is 15.0 Å². The summed E-state index contributed by atoms with van der Waals surface area (Å²) < 4.78 is 16.0. The van der Waals surface area contributed by atoms with E-state index in [0.29, 0.717) is 63.9 Å². The largest absolute Gasteiger partial charge is 0.497 e. The molecule has 0 bridgehead atoms. The molecule has 0 unspecified atom stereocenters. The molecule has 1 heterocycles. The van der Waals surface area contributed by atoms with Crippen LogP contribution in [0.5, 0.6) is 5.75 Å². The Morgan fingerprint density at radius 3 is 2.32 bits per heavy atom. The summed E-state index contributed by atoms with van der Waals surface area (Å²) in [5, 5.41) is 12.6. The van der Waals surface area contributed by atoms with Crippen molar-refractivity contribution < 1.29 is 19.0 Å². The number of methoxy groups -OCH3 is 1. The molecule has 0 aliphatic heterocycles. The number of benzene rings is 2. The first kappa shape index (κ1) is 31.5. The summed E-state index contributed by atoms with van der Waals surface area (Å²) in [7, 11) is 1.65. The first-order valence-corrected chi connectivity index (χ1v) is 13.9. The molecule has 0 saturated heterocycles. The second kappa shape index (κ2) is 18.4. The maximum absolute atomic E-state index is 12.3. The van der Waals surface area contributed by atoms with E-state index in [1.807, 2.05) is 48.5 Å². The number of ether oxygens (including phenoxy) is 3. The monoisotopic (exact) mass is 566 g/mol. The number of rotatable bonds is 20. The highest BCUT2D eigenvalue weighted by Gasteiger charge is 2.09. The third-order valence-corrected chi connectivity index (χ3v) is 5.81. The van der Waals surface area contributed by atoms with Crippen molar-refractivity contribution in [3.05, 3.63) is 59.7 Å². The van der Waals surface area contributed by atoms with Gasteiger partial charge in [-0.1, -0.05) is 37.6 Å². The number of amides is 1. The third kappa shape index (κ3) is 12.4. The van der Waals surface area contributed by atoms with Gasteiger partial charge < -0.3 is 41.2 Å². The zero-order valence-electron chi connectivity index (χ0n) is 23.9. The predicted octanol–water partition coefficient (Wildman–Crippen LogP) is 3.10. The first-order valence-electron chi connectivity index (χ1n) is 13.9. The van der Waals surface area contributed by atoms with Crippen LogP contribution in [0.25, 0.3) is 0 Å². The van der Waals surface area contributed by atoms with E-state index >= 15 is 0 Å². The summed E-state index contributed by atoms with van der Waals surface area (Å²) >= 11 is 0. The Kier molecular flexibility index (Phi) is 14.1. The number of anilines is 4. The van der Waals surface area contributed by atoms with E-state index in [-0.39, 0.29) is 12.3 Å². The lowest BCUT2D eigenvalue weighted by Gasteiger charge is -2.12. The van der Waals surface area contributed by atoms with Crippen LogP contribution in [-0.4, -0.2) is 74.0 Å². The number of unbranched alkanes of at least 4 members (excludes halogenated alkanes) is 1. The summed E-state index contributed by atoms with van der Waals surface area (Å²) in [6.07, 6.45) is 2.34. The second-order valence-electron chi connectivity index (χ2n) is 9.15. The Hall–Kier alpha value is -4.00. The molecule has 0 spiro atoms. The van der Waals surface area contributed by atoms with Crippen LogP contribution in [0.1, 0.15) is 30.9 Å². The molecular weight excluding hydrogens is 524 g/mol. The van der Waals surface area contributed by atoms with Gasteiger partial charge in [-0.3, -0.25) is 4.79 Å². The highest BCUT2D eigenvalue weighted by Crippen LogP contribution is 2.18. The maximum Gasteiger partial charge on any atom is 0.233 e. The zero-order valence-corrected chi connectivity index (χ0v) is 23.9. The van der Waals surface area contributed by atoms with Crippen LogP contribution in [0.15, 0.2) is 48.5 Å². The molecule has 3 aromatic rings. The van der Waals surface area contributed by atoms with Crippen molar-refractivity contribution in [2.75, 3.05) is 69.1 Å². The molecule has 3 rings (SSSR count). The van der Waals surface area contributed by atoms with E-state index in [9.17, 15) is 4.79 Å². The number of carbonyl (C=O) groups is 1. The molecule has 0 aliphatic carbocycles. The minimum Gasteiger partial charge on any atom is -0.497 e. The minimum atomic E-state index is -0.0688. The number of aromatic nitrogens is 3. The second-order valence-corrected chi connectivity index (χ2v) is 9.15. The molecule has 12 heteroatoms. The lowest BCUT2D eigenvalue weighted by Crippen LogP contribution is -2.29. The summed E-state index contributed by atoms with van der Waals surface area (Å²) in [5.41, 5.74) is 8.09. The van der Waals surface area contributed by atoms with Crippen molar-refractivity contribution >= 4 is 29.4 Å². The highest BCUT2D eigenvalue weighted by atomic mass is 16.5. The van der Waals surface area contributed by atoms with Gasteiger partial charge in [0.25, 0.3) is 0 Å². The molecule has 0 fully saturated rings. The highest BCUT2D eigenvalue weighted by molar-refractivity contribution is 5.78. The standard InChI is InChI=1S/C29H42N8O4/c1-3-4-13-32-27-35-28(33-21-23-6-5-7-25(19-23)39-2)37-29(36-27)34-24-10-8-22(9-11-24)20-26(38)31-14-16-41-18-17-40-15-12-30/h5-11,19H,3-4,12-18,20-21,30H2,1-2H3,(H,31,38)(H3,32,33,34,35,36,37). The van der Waals surface area contributed by atoms with Crippen molar-refractivity contribution in [1.29, 1.82) is 0 Å². The molecule has 0 saturated carbocycles. The summed E-state index contributed by atoms with van der Waals surface area (Å²) in [4.78, 5) is 25.9. The fourth-order valence-electron chi connectivity index (χ4n) is 3.68. The van der Waals surface area contributed by atoms with Gasteiger partial charge in [0.15, 0.2) is 0 Å². The van der Waals surface area contributed by atoms with Crippen LogP contribution >= 0.6 is 0 Å². The summed E-state index contributed by atoms with van der Waals surface area (Å²) in [6.45, 7) is 6.28. The SMILES string of the molecule is CCCCNc1nc(NCc2cccc(OC)c2)nc(Nc2ccc(CC(=O)NCCOCCOCCN)cc2)n1. The molecular formula is C29H42N8O4. The lowest BCUT2D eigenvalue weighted by atomic mass is 10.1. The van der Waals surface area contributed by atoms with Crippen LogP contribution in [0.4, 0.5) is 23.5 Å². The smallest absolute Gasteiger partial charge is 0.233 e. The Bertz CT molecular complexity index is 1180. The molecule has 222 valence electrons. The predicted molar refractivity (Wildman–Crippen MR) is 161 cm³/mol. The first-order chi connectivity index (χ1) is 20.1. The van der Waals surface area contributed by atoms with Gasteiger partial charge in [0.05, 0.1) is 40.0 Å². The van der Waals surface area contributed by atoms with Gasteiger partial charge >= 0.3 is 0 Å². The average molecular weight is 567 g/mol. The fourth-order valence-corrected chi connectivity index (χ4v) is 3.68. The van der Waals surface area contributed by atoms with Crippen molar-refractivity contribution in [3.63, 3.8) is 0 Å². The van der Waals surface area contributed by atoms with E-state index in [1.54, 1.807) is 7.11 Å². The number of nitrogens with one attached hydrogen (secondary N) is 4. The van der Waals surface area contributed by atoms with E-state index < -0.39 is 0 Å². The summed E-state index contributed by atoms with van der Waals surface area (Å²) in [6, 6.07) is 15.4. The number of hydrogen-bond acceptors (Lipinski definition) is 11. The summed E-state index contributed by atoms with van der Waals surface area (Å²) in [5.74, 6) is 2.07. The quantitative estimate of drug-likeness (QED) is 0.128. The van der Waals surface area contributed by atoms with Gasteiger partial charge in [-0.15, -0.1) is 0 Å². The molecule has 0 aliphatic rings. The Balaban J connectivity index is 1.53. The van der Waals surface area contributed by atoms with Crippen LogP contribution in [-0.2, 0) is 27.2 Å². The van der Waals surface area contributed by atoms with Crippen molar-refractivity contribution in [1.82, 2.24) is 20.3 Å². The molecule has 41 heavy (non-hydrogen) atoms. The molecule has 0 radical (unpaired) electrons. The molecule has 6 N–H and O–H groups in total. The van der Waals surface area contributed by atoms with Crippen LogP contribution in [0.2, 0.25) is 0 Å². The van der Waals surface area contributed by atoms with Crippen molar-refractivity contribution in [2.24, 2.45) is 5.73 Å². The van der Waals surface area contributed by atoms with E-state index in [2.05, 4.69) is 43.1 Å². The van der Waals surface area contributed by atoms with E-state index in [4.69, 9.17) is 19.9 Å². The van der Waals surface area contributed by atoms with E-state index in [0.717, 1.165) is 42.0 Å². The lowest BCUT2D eigenvalue weighted by molar-refractivity contribution is -0.120. The number of hydrogen-bond donors (Lipinski definition) is 5. The van der Waals surface area contributed by atoms with Gasteiger partial charge in [0.2, 0.25) is 23.8 Å². The molecule has 2 aromatic carbocycles. The van der Waals surface area contributed by atoms with Gasteiger partial charge in [-0.05, 0) is 41.8 Å². The molecule has 12 nitrogen and oxygen atoms in total. The number of nitrogens with two attached hydrogens (primary N) is 1. The van der Waals surface area contributed by atoms with Gasteiger partial charge in [0.1, 0.15) is 5.75 Å². The molecule has 1 aromatic heterocycles. The third-order valence-electron chi connectivity index (χ3n) is 5.81. The fraction of sp³-hybridized carbons (Fsp3) is 0.448. The van der Waals surface area contributed by atoms with Crippen LogP contribution in [0.3, 0.4) is 0 Å². The maximum atomic E-state index is 12.3. The minimum absolute atomic E-state index is 0.0688. The topological polar surface area (TPSA) is 158 Å². The molecule has 0 atom stereocenters. The van der Waals surface area contributed by atoms with Crippen LogP contribution in [0, 0.1) is 0 Å². The Morgan fingerprint density at radius 1 is 0.854 bits per heavy atom. The number of carbonyl (C=O) groups excluding carboxylic acids is 1. The molecule has 1 amide bonds. The number of nitrogens with zero attached hydrogens (tertiary/aromatic N) is 3. The van der Waals surface area contributed by atoms with Gasteiger partial charge in [0, 0.05) is 31.9 Å². The van der Waals surface area contributed by atoms with Gasteiger partial charge in [-0.25, -0.2) is 0 Å². The Morgan fingerprint density at radius 2 is 1.59 bits per heavy atom. The van der Waals surface area contributed by atoms with Crippen molar-refractivity contribution in [2.45, 2.75) is 32.7 Å². The Labute approximate surface area is 241 Å². The van der Waals surface area contributed by atoms with E-state index in [1.165, 1.54) is 0 Å². The zero-order chi connectivity index (χ0) is 29.1. The van der Waals surface area contributed by atoms with Crippen LogP contribution < -0.4 is 31.7 Å². The average Bonchev–Trinajstić information content (AvgIpc) is 2.98. The normalized spacial score (nSPS) is 10.7. The van der Waals surface area contributed by atoms with Crippen molar-refractivity contribution in [3.8, 4) is 5.75 Å².